The molecule has 2 N–H and O–H groups in total. The summed E-state index contributed by atoms with van der Waals surface area (Å²) in [5.74, 6) is 0.934. The lowest BCUT2D eigenvalue weighted by molar-refractivity contribution is 0.105. The molecule has 0 aromatic carbocycles. The highest BCUT2D eigenvalue weighted by Gasteiger charge is 2.30. The zero-order valence-corrected chi connectivity index (χ0v) is 13.1. The van der Waals surface area contributed by atoms with Crippen molar-refractivity contribution in [2.75, 3.05) is 7.05 Å². The first-order valence-corrected chi connectivity index (χ1v) is 8.02. The van der Waals surface area contributed by atoms with E-state index in [1.165, 1.54) is 32.1 Å². The summed E-state index contributed by atoms with van der Waals surface area (Å²) in [6.45, 7) is 4.40. The van der Waals surface area contributed by atoms with Crippen LogP contribution < -0.4 is 5.73 Å². The van der Waals surface area contributed by atoms with Crippen molar-refractivity contribution in [3.05, 3.63) is 30.1 Å². The molecule has 0 amide bonds. The van der Waals surface area contributed by atoms with Crippen molar-refractivity contribution in [2.45, 2.75) is 64.1 Å². The maximum Gasteiger partial charge on any atom is 0.0670 e. The molecule has 2 unspecified atom stereocenters. The van der Waals surface area contributed by atoms with Gasteiger partial charge in [0.2, 0.25) is 0 Å². The van der Waals surface area contributed by atoms with Gasteiger partial charge in [-0.15, -0.1) is 0 Å². The van der Waals surface area contributed by atoms with E-state index < -0.39 is 0 Å². The van der Waals surface area contributed by atoms with Crippen molar-refractivity contribution in [2.24, 2.45) is 11.7 Å². The minimum absolute atomic E-state index is 0.0961. The number of nitrogens with two attached hydrogens (primary N) is 1. The van der Waals surface area contributed by atoms with Crippen molar-refractivity contribution in [1.29, 1.82) is 0 Å². The Kier molecular flexibility index (Phi) is 5.55. The lowest BCUT2D eigenvalue weighted by atomic mass is 9.83. The number of rotatable bonds is 5. The summed E-state index contributed by atoms with van der Waals surface area (Å²) < 4.78 is 0. The van der Waals surface area contributed by atoms with Crippen LogP contribution in [0.4, 0.5) is 0 Å². The van der Waals surface area contributed by atoms with E-state index in [2.05, 4.69) is 42.9 Å². The van der Waals surface area contributed by atoms with E-state index in [9.17, 15) is 0 Å². The molecule has 3 nitrogen and oxygen atoms in total. The number of likely N-dealkylation sites (N-methyl/N-ethyl adjacent to an activating group) is 1. The Hall–Kier alpha value is -0.930. The van der Waals surface area contributed by atoms with Gasteiger partial charge in [-0.05, 0) is 57.7 Å². The lowest BCUT2D eigenvalue weighted by Gasteiger charge is -2.40. The topological polar surface area (TPSA) is 42.2 Å². The van der Waals surface area contributed by atoms with Crippen LogP contribution in [0, 0.1) is 5.92 Å². The van der Waals surface area contributed by atoms with E-state index >= 15 is 0 Å². The molecule has 1 saturated carbocycles. The molecule has 0 aliphatic heterocycles. The fraction of sp³-hybridized carbons (Fsp3) is 0.706. The van der Waals surface area contributed by atoms with Gasteiger partial charge in [0.1, 0.15) is 0 Å². The molecule has 1 aromatic heterocycles. The van der Waals surface area contributed by atoms with Gasteiger partial charge < -0.3 is 5.73 Å². The average molecular weight is 275 g/mol. The molecule has 1 fully saturated rings. The second-order valence-corrected chi connectivity index (χ2v) is 6.31. The first-order chi connectivity index (χ1) is 9.63. The number of hydrogen-bond donors (Lipinski definition) is 1. The fourth-order valence-electron chi connectivity index (χ4n) is 3.59. The van der Waals surface area contributed by atoms with E-state index in [4.69, 9.17) is 5.73 Å². The Morgan fingerprint density at radius 2 is 2.00 bits per heavy atom. The van der Waals surface area contributed by atoms with Crippen LogP contribution in [0.15, 0.2) is 24.4 Å². The molecule has 2 atom stereocenters. The van der Waals surface area contributed by atoms with Crippen molar-refractivity contribution in [1.82, 2.24) is 9.88 Å². The molecular formula is C17H29N3. The SMILES string of the molecule is CCC1CCC(N(C)C(c2ccccn2)C(C)N)CC1. The Labute approximate surface area is 123 Å². The van der Waals surface area contributed by atoms with Crippen LogP contribution in [-0.2, 0) is 0 Å². The van der Waals surface area contributed by atoms with Gasteiger partial charge in [0.05, 0.1) is 11.7 Å². The van der Waals surface area contributed by atoms with Gasteiger partial charge in [0.15, 0.2) is 0 Å². The Balaban J connectivity index is 2.07. The summed E-state index contributed by atoms with van der Waals surface area (Å²) in [5, 5.41) is 0. The second-order valence-electron chi connectivity index (χ2n) is 6.31. The molecule has 1 heterocycles. The smallest absolute Gasteiger partial charge is 0.0670 e. The zero-order valence-electron chi connectivity index (χ0n) is 13.1. The summed E-state index contributed by atoms with van der Waals surface area (Å²) in [6, 6.07) is 7.09. The molecule has 0 saturated heterocycles. The van der Waals surface area contributed by atoms with Crippen molar-refractivity contribution < 1.29 is 0 Å². The highest BCUT2D eigenvalue weighted by Crippen LogP contribution is 2.33. The molecule has 1 aliphatic rings. The highest BCUT2D eigenvalue weighted by atomic mass is 15.2. The Morgan fingerprint density at radius 1 is 1.30 bits per heavy atom. The molecule has 0 radical (unpaired) electrons. The summed E-state index contributed by atoms with van der Waals surface area (Å²) in [5.41, 5.74) is 7.35. The van der Waals surface area contributed by atoms with E-state index in [0.717, 1.165) is 11.6 Å². The van der Waals surface area contributed by atoms with E-state index in [1.54, 1.807) is 0 Å². The van der Waals surface area contributed by atoms with Crippen molar-refractivity contribution in [3.63, 3.8) is 0 Å². The Morgan fingerprint density at radius 3 is 2.50 bits per heavy atom. The van der Waals surface area contributed by atoms with Gasteiger partial charge >= 0.3 is 0 Å². The highest BCUT2D eigenvalue weighted by molar-refractivity contribution is 5.11. The summed E-state index contributed by atoms with van der Waals surface area (Å²) in [4.78, 5) is 7.00. The van der Waals surface area contributed by atoms with Crippen LogP contribution in [0.2, 0.25) is 0 Å². The molecule has 1 aliphatic carbocycles. The molecular weight excluding hydrogens is 246 g/mol. The fourth-order valence-corrected chi connectivity index (χ4v) is 3.59. The van der Waals surface area contributed by atoms with E-state index in [1.807, 2.05) is 12.3 Å². The standard InChI is InChI=1S/C17H29N3/c1-4-14-8-10-15(11-9-14)20(3)17(13(2)18)16-7-5-6-12-19-16/h5-7,12-15,17H,4,8-11,18H2,1-3H3. The third-order valence-electron chi connectivity index (χ3n) is 4.90. The molecule has 0 spiro atoms. The molecule has 2 rings (SSSR count). The minimum atomic E-state index is 0.0961. The van der Waals surface area contributed by atoms with Crippen LogP contribution in [0.3, 0.4) is 0 Å². The zero-order chi connectivity index (χ0) is 14.5. The van der Waals surface area contributed by atoms with Crippen LogP contribution in [0.5, 0.6) is 0 Å². The maximum atomic E-state index is 6.25. The predicted octanol–water partition coefficient (Wildman–Crippen LogP) is 3.37. The van der Waals surface area contributed by atoms with Gasteiger partial charge in [0, 0.05) is 18.3 Å². The normalized spacial score (nSPS) is 26.4. The summed E-state index contributed by atoms with van der Waals surface area (Å²) >= 11 is 0. The first kappa shape index (κ1) is 15.5. The van der Waals surface area contributed by atoms with Crippen LogP contribution >= 0.6 is 0 Å². The van der Waals surface area contributed by atoms with Gasteiger partial charge in [-0.2, -0.15) is 0 Å². The lowest BCUT2D eigenvalue weighted by Crippen LogP contribution is -2.44. The Bertz CT molecular complexity index is 382. The maximum absolute atomic E-state index is 6.25. The molecule has 112 valence electrons. The summed E-state index contributed by atoms with van der Waals surface area (Å²) in [6.07, 6.45) is 8.51. The largest absolute Gasteiger partial charge is 0.326 e. The minimum Gasteiger partial charge on any atom is -0.326 e. The second kappa shape index (κ2) is 7.19. The third-order valence-corrected chi connectivity index (χ3v) is 4.90. The van der Waals surface area contributed by atoms with Gasteiger partial charge in [-0.3, -0.25) is 9.88 Å². The molecule has 1 aromatic rings. The first-order valence-electron chi connectivity index (χ1n) is 8.02. The van der Waals surface area contributed by atoms with Gasteiger partial charge in [-0.1, -0.05) is 19.4 Å². The number of pyridine rings is 1. The van der Waals surface area contributed by atoms with Gasteiger partial charge in [-0.25, -0.2) is 0 Å². The van der Waals surface area contributed by atoms with Crippen molar-refractivity contribution in [3.8, 4) is 0 Å². The van der Waals surface area contributed by atoms with Crippen molar-refractivity contribution >= 4 is 0 Å². The number of hydrogen-bond acceptors (Lipinski definition) is 3. The van der Waals surface area contributed by atoms with E-state index in [-0.39, 0.29) is 12.1 Å². The number of aromatic nitrogens is 1. The third kappa shape index (κ3) is 3.58. The monoisotopic (exact) mass is 275 g/mol. The van der Waals surface area contributed by atoms with Crippen LogP contribution in [0.1, 0.15) is 57.7 Å². The van der Waals surface area contributed by atoms with Crippen LogP contribution in [-0.4, -0.2) is 29.0 Å². The molecule has 20 heavy (non-hydrogen) atoms. The van der Waals surface area contributed by atoms with Crippen LogP contribution in [0.25, 0.3) is 0 Å². The summed E-state index contributed by atoms with van der Waals surface area (Å²) in [7, 11) is 2.22. The average Bonchev–Trinajstić information content (AvgIpc) is 2.48. The predicted molar refractivity (Wildman–Crippen MR) is 84.4 cm³/mol. The molecule has 0 bridgehead atoms. The molecule has 3 heteroatoms. The quantitative estimate of drug-likeness (QED) is 0.896. The van der Waals surface area contributed by atoms with Gasteiger partial charge in [0.25, 0.3) is 0 Å². The number of nitrogens with zero attached hydrogens (tertiary/aromatic N) is 2. The van der Waals surface area contributed by atoms with E-state index in [0.29, 0.717) is 6.04 Å².